The molecule has 1 aliphatic rings. The number of likely N-dealkylation sites (tertiary alicyclic amines) is 1. The van der Waals surface area contributed by atoms with Gasteiger partial charge in [-0.25, -0.2) is 9.67 Å². The van der Waals surface area contributed by atoms with Crippen molar-refractivity contribution in [2.24, 2.45) is 0 Å². The third-order valence-corrected chi connectivity index (χ3v) is 5.27. The molecule has 1 aliphatic heterocycles. The Morgan fingerprint density at radius 1 is 1.21 bits per heavy atom. The lowest BCUT2D eigenvalue weighted by molar-refractivity contribution is 0.0497. The van der Waals surface area contributed by atoms with Crippen molar-refractivity contribution in [3.8, 4) is 22.8 Å². The molecule has 1 N–H and O–H groups in total. The molecule has 0 saturated carbocycles. The third-order valence-electron chi connectivity index (χ3n) is 5.27. The van der Waals surface area contributed by atoms with Gasteiger partial charge in [0.25, 0.3) is 5.91 Å². The van der Waals surface area contributed by atoms with E-state index in [0.717, 1.165) is 36.2 Å². The van der Waals surface area contributed by atoms with Crippen LogP contribution in [0.2, 0.25) is 0 Å². The maximum Gasteiger partial charge on any atom is 0.274 e. The standard InChI is InChI=1S/C22H24N4O3/c1-29-21-11-10-17(14-23-21)26-20(16-7-3-2-4-8-16)13-19(24-26)22(28)25-12-6-5-9-18(25)15-27/h2-4,7-8,10-11,13-14,18,27H,5-6,9,12,15H2,1H3. The molecule has 0 aliphatic carbocycles. The van der Waals surface area contributed by atoms with Crippen molar-refractivity contribution >= 4 is 5.91 Å². The van der Waals surface area contributed by atoms with Crippen molar-refractivity contribution < 1.29 is 14.6 Å². The summed E-state index contributed by atoms with van der Waals surface area (Å²) < 4.78 is 6.87. The molecular weight excluding hydrogens is 368 g/mol. The summed E-state index contributed by atoms with van der Waals surface area (Å²) in [6.45, 7) is 0.613. The number of carbonyl (C=O) groups is 1. The van der Waals surface area contributed by atoms with E-state index in [1.807, 2.05) is 42.5 Å². The van der Waals surface area contributed by atoms with Gasteiger partial charge in [-0.2, -0.15) is 5.10 Å². The lowest BCUT2D eigenvalue weighted by Crippen LogP contribution is -2.45. The molecule has 4 rings (SSSR count). The smallest absolute Gasteiger partial charge is 0.274 e. The van der Waals surface area contributed by atoms with Crippen molar-refractivity contribution in [3.63, 3.8) is 0 Å². The normalized spacial score (nSPS) is 16.6. The molecule has 7 nitrogen and oxygen atoms in total. The number of aliphatic hydroxyl groups excluding tert-OH is 1. The van der Waals surface area contributed by atoms with Crippen LogP contribution in [0.4, 0.5) is 0 Å². The number of nitrogens with zero attached hydrogens (tertiary/aromatic N) is 4. The van der Waals surface area contributed by atoms with Gasteiger partial charge in [0.2, 0.25) is 5.88 Å². The summed E-state index contributed by atoms with van der Waals surface area (Å²) in [5, 5.41) is 14.3. The first-order chi connectivity index (χ1) is 14.2. The van der Waals surface area contributed by atoms with Gasteiger partial charge in [0, 0.05) is 18.2 Å². The zero-order valence-electron chi connectivity index (χ0n) is 16.4. The van der Waals surface area contributed by atoms with Crippen LogP contribution in [-0.2, 0) is 0 Å². The van der Waals surface area contributed by atoms with Crippen LogP contribution in [0.3, 0.4) is 0 Å². The summed E-state index contributed by atoms with van der Waals surface area (Å²) >= 11 is 0. The molecule has 1 atom stereocenters. The molecule has 3 heterocycles. The molecular formula is C22H24N4O3. The number of ether oxygens (including phenoxy) is 1. The van der Waals surface area contributed by atoms with Gasteiger partial charge in [0.15, 0.2) is 5.69 Å². The predicted octanol–water partition coefficient (Wildman–Crippen LogP) is 2.93. The topological polar surface area (TPSA) is 80.5 Å². The molecule has 1 aromatic carbocycles. The number of hydrogen-bond donors (Lipinski definition) is 1. The predicted molar refractivity (Wildman–Crippen MR) is 109 cm³/mol. The van der Waals surface area contributed by atoms with Crippen LogP contribution in [-0.4, -0.2) is 57.0 Å². The fraction of sp³-hybridized carbons (Fsp3) is 0.318. The maximum atomic E-state index is 13.2. The van der Waals surface area contributed by atoms with E-state index >= 15 is 0 Å². The summed E-state index contributed by atoms with van der Waals surface area (Å²) in [4.78, 5) is 19.2. The molecule has 29 heavy (non-hydrogen) atoms. The molecule has 1 fully saturated rings. The molecule has 150 valence electrons. The Kier molecular flexibility index (Phi) is 5.57. The molecule has 3 aromatic rings. The van der Waals surface area contributed by atoms with Crippen molar-refractivity contribution in [1.82, 2.24) is 19.7 Å². The van der Waals surface area contributed by atoms with Crippen molar-refractivity contribution in [3.05, 3.63) is 60.4 Å². The average molecular weight is 392 g/mol. The first kappa shape index (κ1) is 19.1. The number of pyridine rings is 1. The molecule has 2 aromatic heterocycles. The molecule has 0 radical (unpaired) electrons. The van der Waals surface area contributed by atoms with Crippen LogP contribution in [0.5, 0.6) is 5.88 Å². The van der Waals surface area contributed by atoms with Crippen LogP contribution < -0.4 is 4.74 Å². The quantitative estimate of drug-likeness (QED) is 0.722. The van der Waals surface area contributed by atoms with Gasteiger partial charge < -0.3 is 14.7 Å². The number of hydrogen-bond acceptors (Lipinski definition) is 5. The Balaban J connectivity index is 1.76. The molecule has 0 bridgehead atoms. The maximum absolute atomic E-state index is 13.2. The number of methoxy groups -OCH3 is 1. The summed E-state index contributed by atoms with van der Waals surface area (Å²) in [5.41, 5.74) is 2.85. The Morgan fingerprint density at radius 2 is 2.03 bits per heavy atom. The van der Waals surface area contributed by atoms with Crippen molar-refractivity contribution in [2.45, 2.75) is 25.3 Å². The second kappa shape index (κ2) is 8.45. The van der Waals surface area contributed by atoms with Crippen molar-refractivity contribution in [1.29, 1.82) is 0 Å². The van der Waals surface area contributed by atoms with Gasteiger partial charge in [-0.1, -0.05) is 30.3 Å². The monoisotopic (exact) mass is 392 g/mol. The van der Waals surface area contributed by atoms with E-state index in [2.05, 4.69) is 10.1 Å². The Hall–Kier alpha value is -3.19. The van der Waals surface area contributed by atoms with Crippen LogP contribution >= 0.6 is 0 Å². The van der Waals surface area contributed by atoms with Gasteiger partial charge in [0.05, 0.1) is 37.3 Å². The number of rotatable bonds is 5. The number of aliphatic hydroxyl groups is 1. The fourth-order valence-electron chi connectivity index (χ4n) is 3.72. The highest BCUT2D eigenvalue weighted by atomic mass is 16.5. The highest BCUT2D eigenvalue weighted by Crippen LogP contribution is 2.26. The van der Waals surface area contributed by atoms with E-state index in [-0.39, 0.29) is 18.6 Å². The van der Waals surface area contributed by atoms with Crippen LogP contribution in [0.15, 0.2) is 54.7 Å². The SMILES string of the molecule is COc1ccc(-n2nc(C(=O)N3CCCCC3CO)cc2-c2ccccc2)cn1. The van der Waals surface area contributed by atoms with Crippen LogP contribution in [0.25, 0.3) is 16.9 Å². The van der Waals surface area contributed by atoms with E-state index in [1.54, 1.807) is 29.0 Å². The minimum absolute atomic E-state index is 0.0274. The number of benzene rings is 1. The zero-order valence-corrected chi connectivity index (χ0v) is 16.4. The molecule has 7 heteroatoms. The lowest BCUT2D eigenvalue weighted by atomic mass is 10.0. The summed E-state index contributed by atoms with van der Waals surface area (Å²) in [6.07, 6.45) is 4.45. The molecule has 1 unspecified atom stereocenters. The number of carbonyl (C=O) groups excluding carboxylic acids is 1. The highest BCUT2D eigenvalue weighted by Gasteiger charge is 2.29. The third kappa shape index (κ3) is 3.86. The van der Waals surface area contributed by atoms with Gasteiger partial charge >= 0.3 is 0 Å². The summed E-state index contributed by atoms with van der Waals surface area (Å²) in [5.74, 6) is 0.360. The average Bonchev–Trinajstić information content (AvgIpc) is 3.24. The first-order valence-electron chi connectivity index (χ1n) is 9.79. The molecule has 1 amide bonds. The second-order valence-corrected chi connectivity index (χ2v) is 7.08. The van der Waals surface area contributed by atoms with Gasteiger partial charge in [-0.05, 0) is 31.4 Å². The van der Waals surface area contributed by atoms with E-state index in [4.69, 9.17) is 4.74 Å². The van der Waals surface area contributed by atoms with Crippen LogP contribution in [0.1, 0.15) is 29.8 Å². The number of amides is 1. The number of piperidine rings is 1. The Bertz CT molecular complexity index is 969. The van der Waals surface area contributed by atoms with E-state index < -0.39 is 0 Å². The zero-order chi connectivity index (χ0) is 20.2. The minimum Gasteiger partial charge on any atom is -0.481 e. The number of aromatic nitrogens is 3. The largest absolute Gasteiger partial charge is 0.481 e. The minimum atomic E-state index is -0.152. The Morgan fingerprint density at radius 3 is 2.72 bits per heavy atom. The molecule has 0 spiro atoms. The second-order valence-electron chi connectivity index (χ2n) is 7.08. The van der Waals surface area contributed by atoms with E-state index in [0.29, 0.717) is 18.1 Å². The van der Waals surface area contributed by atoms with Crippen LogP contribution in [0, 0.1) is 0 Å². The molecule has 1 saturated heterocycles. The van der Waals surface area contributed by atoms with Gasteiger partial charge in [-0.15, -0.1) is 0 Å². The van der Waals surface area contributed by atoms with Crippen molar-refractivity contribution in [2.75, 3.05) is 20.3 Å². The van der Waals surface area contributed by atoms with Gasteiger partial charge in [-0.3, -0.25) is 4.79 Å². The fourth-order valence-corrected chi connectivity index (χ4v) is 3.72. The summed E-state index contributed by atoms with van der Waals surface area (Å²) in [7, 11) is 1.57. The summed E-state index contributed by atoms with van der Waals surface area (Å²) in [6, 6.07) is 15.1. The van der Waals surface area contributed by atoms with E-state index in [1.165, 1.54) is 0 Å². The highest BCUT2D eigenvalue weighted by molar-refractivity contribution is 5.94. The van der Waals surface area contributed by atoms with E-state index in [9.17, 15) is 9.90 Å². The Labute approximate surface area is 169 Å². The van der Waals surface area contributed by atoms with Gasteiger partial charge in [0.1, 0.15) is 0 Å². The first-order valence-corrected chi connectivity index (χ1v) is 9.79. The lowest BCUT2D eigenvalue weighted by Gasteiger charge is -2.34.